The zero-order valence-corrected chi connectivity index (χ0v) is 12.9. The van der Waals surface area contributed by atoms with Crippen molar-refractivity contribution in [3.63, 3.8) is 0 Å². The Kier molecular flexibility index (Phi) is 4.87. The molecule has 0 radical (unpaired) electrons. The predicted octanol–water partition coefficient (Wildman–Crippen LogP) is 4.04. The molecule has 4 nitrogen and oxygen atoms in total. The molecule has 1 N–H and O–H groups in total. The molecule has 3 rings (SSSR count). The normalized spacial score (nSPS) is 15.7. The Morgan fingerprint density at radius 1 is 1.21 bits per heavy atom. The van der Waals surface area contributed by atoms with Gasteiger partial charge in [0.2, 0.25) is 0 Å². The van der Waals surface area contributed by atoms with Crippen LogP contribution in [0.5, 0.6) is 5.75 Å². The molecular formula is C17H17F3N2O2. The van der Waals surface area contributed by atoms with Gasteiger partial charge in [-0.05, 0) is 25.0 Å². The molecule has 1 aliphatic carbocycles. The highest BCUT2D eigenvalue weighted by Gasteiger charge is 2.18. The molecule has 1 heterocycles. The van der Waals surface area contributed by atoms with E-state index in [2.05, 4.69) is 15.0 Å². The number of amides is 1. The van der Waals surface area contributed by atoms with E-state index in [4.69, 9.17) is 0 Å². The highest BCUT2D eigenvalue weighted by atomic mass is 19.3. The summed E-state index contributed by atoms with van der Waals surface area (Å²) >= 11 is 0. The number of halogens is 3. The van der Waals surface area contributed by atoms with Gasteiger partial charge in [0, 0.05) is 23.7 Å². The van der Waals surface area contributed by atoms with Crippen LogP contribution < -0.4 is 10.1 Å². The monoisotopic (exact) mass is 338 g/mol. The second-order valence-electron chi connectivity index (χ2n) is 5.89. The summed E-state index contributed by atoms with van der Waals surface area (Å²) < 4.78 is 42.4. The van der Waals surface area contributed by atoms with E-state index < -0.39 is 18.2 Å². The first-order valence-electron chi connectivity index (χ1n) is 7.88. The summed E-state index contributed by atoms with van der Waals surface area (Å²) in [7, 11) is 0. The Bertz CT molecular complexity index is 746. The lowest BCUT2D eigenvalue weighted by molar-refractivity contribution is -0.0520. The summed E-state index contributed by atoms with van der Waals surface area (Å²) in [5.41, 5.74) is 0.594. The standard InChI is InChI=1S/C17H17F3N2O2/c18-13-7-10-6-11(16(23)22-12-4-2-1-3-5-12)9-21-14(10)8-15(13)24-17(19)20/h6-9,12,17H,1-5H2,(H,22,23). The van der Waals surface area contributed by atoms with E-state index in [1.807, 2.05) is 0 Å². The minimum absolute atomic E-state index is 0.153. The van der Waals surface area contributed by atoms with Gasteiger partial charge in [-0.1, -0.05) is 19.3 Å². The maximum Gasteiger partial charge on any atom is 0.387 e. The Labute approximate surface area is 137 Å². The van der Waals surface area contributed by atoms with Gasteiger partial charge in [0.25, 0.3) is 5.91 Å². The minimum Gasteiger partial charge on any atom is -0.432 e. The third kappa shape index (κ3) is 3.77. The first-order valence-corrected chi connectivity index (χ1v) is 7.88. The Hall–Kier alpha value is -2.31. The molecule has 1 aromatic carbocycles. The van der Waals surface area contributed by atoms with Gasteiger partial charge < -0.3 is 10.1 Å². The van der Waals surface area contributed by atoms with Crippen molar-refractivity contribution in [2.45, 2.75) is 44.8 Å². The first-order chi connectivity index (χ1) is 11.5. The molecule has 1 saturated carbocycles. The maximum absolute atomic E-state index is 13.8. The number of ether oxygens (including phenoxy) is 1. The number of rotatable bonds is 4. The van der Waals surface area contributed by atoms with Crippen LogP contribution in [0.2, 0.25) is 0 Å². The summed E-state index contributed by atoms with van der Waals surface area (Å²) in [6.07, 6.45) is 6.64. The zero-order chi connectivity index (χ0) is 17.1. The molecule has 0 bridgehead atoms. The molecule has 1 aromatic heterocycles. The highest BCUT2D eigenvalue weighted by molar-refractivity contribution is 5.97. The van der Waals surface area contributed by atoms with Crippen LogP contribution in [0.25, 0.3) is 10.9 Å². The van der Waals surface area contributed by atoms with E-state index in [9.17, 15) is 18.0 Å². The molecule has 0 atom stereocenters. The third-order valence-corrected chi connectivity index (χ3v) is 4.15. The van der Waals surface area contributed by atoms with Crippen LogP contribution in [-0.2, 0) is 0 Å². The van der Waals surface area contributed by atoms with E-state index in [-0.39, 0.29) is 17.5 Å². The van der Waals surface area contributed by atoms with Gasteiger partial charge in [0.1, 0.15) is 0 Å². The van der Waals surface area contributed by atoms with E-state index in [1.165, 1.54) is 18.7 Å². The molecule has 24 heavy (non-hydrogen) atoms. The molecular weight excluding hydrogens is 321 g/mol. The molecule has 0 spiro atoms. The quantitative estimate of drug-likeness (QED) is 0.915. The number of carbonyl (C=O) groups is 1. The summed E-state index contributed by atoms with van der Waals surface area (Å²) in [4.78, 5) is 16.3. The smallest absolute Gasteiger partial charge is 0.387 e. The van der Waals surface area contributed by atoms with Gasteiger partial charge in [-0.3, -0.25) is 9.78 Å². The average molecular weight is 338 g/mol. The summed E-state index contributed by atoms with van der Waals surface area (Å²) in [5.74, 6) is -1.75. The van der Waals surface area contributed by atoms with Crippen molar-refractivity contribution >= 4 is 16.8 Å². The predicted molar refractivity (Wildman–Crippen MR) is 82.7 cm³/mol. The van der Waals surface area contributed by atoms with E-state index in [0.717, 1.165) is 37.8 Å². The lowest BCUT2D eigenvalue weighted by Gasteiger charge is -2.22. The van der Waals surface area contributed by atoms with Crippen molar-refractivity contribution in [2.75, 3.05) is 0 Å². The lowest BCUT2D eigenvalue weighted by atomic mass is 9.95. The van der Waals surface area contributed by atoms with Gasteiger partial charge in [-0.15, -0.1) is 0 Å². The van der Waals surface area contributed by atoms with Crippen LogP contribution in [-0.4, -0.2) is 23.5 Å². The van der Waals surface area contributed by atoms with Gasteiger partial charge in [-0.25, -0.2) is 4.39 Å². The SMILES string of the molecule is O=C(NC1CCCCC1)c1cnc2cc(OC(F)F)c(F)cc2c1. The van der Waals surface area contributed by atoms with E-state index >= 15 is 0 Å². The van der Waals surface area contributed by atoms with Gasteiger partial charge in [0.15, 0.2) is 11.6 Å². The van der Waals surface area contributed by atoms with Crippen molar-refractivity contribution in [1.29, 1.82) is 0 Å². The topological polar surface area (TPSA) is 51.2 Å². The van der Waals surface area contributed by atoms with Crippen LogP contribution in [0.3, 0.4) is 0 Å². The molecule has 1 aliphatic rings. The second kappa shape index (κ2) is 7.07. The molecule has 1 fully saturated rings. The summed E-state index contributed by atoms with van der Waals surface area (Å²) in [6, 6.07) is 3.78. The van der Waals surface area contributed by atoms with Gasteiger partial charge >= 0.3 is 6.61 Å². The number of benzene rings is 1. The second-order valence-corrected chi connectivity index (χ2v) is 5.89. The van der Waals surface area contributed by atoms with Crippen molar-refractivity contribution in [3.8, 4) is 5.75 Å². The lowest BCUT2D eigenvalue weighted by Crippen LogP contribution is -2.36. The molecule has 7 heteroatoms. The summed E-state index contributed by atoms with van der Waals surface area (Å²) in [5, 5.41) is 3.31. The number of hydrogen-bond donors (Lipinski definition) is 1. The maximum atomic E-state index is 13.8. The zero-order valence-electron chi connectivity index (χ0n) is 12.9. The highest BCUT2D eigenvalue weighted by Crippen LogP contribution is 2.26. The number of nitrogens with zero attached hydrogens (tertiary/aromatic N) is 1. The van der Waals surface area contributed by atoms with Crippen LogP contribution in [0.4, 0.5) is 13.2 Å². The number of carbonyl (C=O) groups excluding carboxylic acids is 1. The fourth-order valence-electron chi connectivity index (χ4n) is 2.96. The molecule has 2 aromatic rings. The number of hydrogen-bond acceptors (Lipinski definition) is 3. The number of aromatic nitrogens is 1. The van der Waals surface area contributed by atoms with Crippen LogP contribution >= 0.6 is 0 Å². The Morgan fingerprint density at radius 2 is 1.96 bits per heavy atom. The van der Waals surface area contributed by atoms with Crippen LogP contribution in [0, 0.1) is 5.82 Å². The number of pyridine rings is 1. The van der Waals surface area contributed by atoms with E-state index in [0.29, 0.717) is 10.9 Å². The molecule has 0 unspecified atom stereocenters. The number of nitrogens with one attached hydrogen (secondary N) is 1. The fraction of sp³-hybridized carbons (Fsp3) is 0.412. The fourth-order valence-corrected chi connectivity index (χ4v) is 2.96. The van der Waals surface area contributed by atoms with Crippen LogP contribution in [0.15, 0.2) is 24.4 Å². The van der Waals surface area contributed by atoms with Crippen molar-refractivity contribution in [1.82, 2.24) is 10.3 Å². The average Bonchev–Trinajstić information content (AvgIpc) is 2.55. The molecule has 128 valence electrons. The van der Waals surface area contributed by atoms with Gasteiger partial charge in [0.05, 0.1) is 11.1 Å². The van der Waals surface area contributed by atoms with Crippen LogP contribution in [0.1, 0.15) is 42.5 Å². The van der Waals surface area contributed by atoms with Crippen molar-refractivity contribution < 1.29 is 22.7 Å². The Morgan fingerprint density at radius 3 is 2.67 bits per heavy atom. The van der Waals surface area contributed by atoms with Gasteiger partial charge in [-0.2, -0.15) is 8.78 Å². The molecule has 1 amide bonds. The Balaban J connectivity index is 1.81. The largest absolute Gasteiger partial charge is 0.432 e. The van der Waals surface area contributed by atoms with Crippen molar-refractivity contribution in [3.05, 3.63) is 35.8 Å². The van der Waals surface area contributed by atoms with Crippen molar-refractivity contribution in [2.24, 2.45) is 0 Å². The minimum atomic E-state index is -3.11. The first kappa shape index (κ1) is 16.5. The molecule has 0 saturated heterocycles. The number of fused-ring (bicyclic) bond motifs is 1. The number of alkyl halides is 2. The third-order valence-electron chi connectivity index (χ3n) is 4.15. The van der Waals surface area contributed by atoms with E-state index in [1.54, 1.807) is 0 Å². The molecule has 0 aliphatic heterocycles. The summed E-state index contributed by atoms with van der Waals surface area (Å²) in [6.45, 7) is -3.11.